The first-order valence-electron chi connectivity index (χ1n) is 8.04. The van der Waals surface area contributed by atoms with Crippen LogP contribution < -0.4 is 5.32 Å². The third-order valence-electron chi connectivity index (χ3n) is 4.22. The van der Waals surface area contributed by atoms with Crippen LogP contribution in [-0.4, -0.2) is 22.4 Å². The van der Waals surface area contributed by atoms with E-state index in [-0.39, 0.29) is 22.6 Å². The van der Waals surface area contributed by atoms with Crippen LogP contribution in [0.5, 0.6) is 0 Å². The quantitative estimate of drug-likeness (QED) is 0.546. The third-order valence-corrected chi connectivity index (χ3v) is 4.96. The molecule has 0 aliphatic heterocycles. The normalized spacial score (nSPS) is 11.6. The Morgan fingerprint density at radius 1 is 1.07 bits per heavy atom. The van der Waals surface area contributed by atoms with Crippen LogP contribution in [-0.2, 0) is 11.3 Å². The topological polar surface area (TPSA) is 51.1 Å². The number of fused-ring (bicyclic) bond motifs is 1. The molecule has 28 heavy (non-hydrogen) atoms. The summed E-state index contributed by atoms with van der Waals surface area (Å²) in [5.41, 5.74) is 0.357. The molecule has 1 N–H and O–H groups in total. The number of hydrogen-bond acceptors (Lipinski definition) is 2. The summed E-state index contributed by atoms with van der Waals surface area (Å²) in [6.45, 7) is 1.10. The molecule has 0 aliphatic carbocycles. The van der Waals surface area contributed by atoms with Crippen molar-refractivity contribution < 1.29 is 22.8 Å². The van der Waals surface area contributed by atoms with Crippen molar-refractivity contribution in [3.8, 4) is 0 Å². The number of anilines is 1. The molecule has 0 saturated heterocycles. The lowest BCUT2D eigenvalue weighted by atomic mass is 10.1. The second-order valence-electron chi connectivity index (χ2n) is 6.07. The molecule has 146 valence electrons. The van der Waals surface area contributed by atoms with Gasteiger partial charge < -0.3 is 9.88 Å². The number of nitrogens with zero attached hydrogens (tertiary/aromatic N) is 1. The summed E-state index contributed by atoms with van der Waals surface area (Å²) in [6.07, 6.45) is -5.01. The zero-order valence-electron chi connectivity index (χ0n) is 14.4. The molecule has 0 fully saturated rings. The van der Waals surface area contributed by atoms with E-state index in [2.05, 4.69) is 5.32 Å². The molecule has 4 nitrogen and oxygen atoms in total. The summed E-state index contributed by atoms with van der Waals surface area (Å²) in [4.78, 5) is 24.3. The maximum absolute atomic E-state index is 13.0. The Morgan fingerprint density at radius 3 is 2.39 bits per heavy atom. The van der Waals surface area contributed by atoms with Crippen LogP contribution in [0.25, 0.3) is 10.9 Å². The number of aromatic nitrogens is 1. The Kier molecular flexibility index (Phi) is 5.41. The Morgan fingerprint density at radius 2 is 1.75 bits per heavy atom. The molecule has 2 aromatic carbocycles. The van der Waals surface area contributed by atoms with Crippen molar-refractivity contribution in [1.82, 2.24) is 4.57 Å². The SMILES string of the molecule is Cc1c(C(=O)C(F)(F)F)c2ccccc2n1CC(=O)Nc1ccc(Cl)c(Cl)c1. The van der Waals surface area contributed by atoms with E-state index in [9.17, 15) is 22.8 Å². The number of para-hydroxylation sites is 1. The molecule has 0 aliphatic rings. The monoisotopic (exact) mass is 428 g/mol. The van der Waals surface area contributed by atoms with Crippen molar-refractivity contribution >= 4 is 51.5 Å². The third kappa shape index (κ3) is 3.86. The molecule has 0 radical (unpaired) electrons. The van der Waals surface area contributed by atoms with Crippen molar-refractivity contribution in [2.75, 3.05) is 5.32 Å². The largest absolute Gasteiger partial charge is 0.454 e. The lowest BCUT2D eigenvalue weighted by molar-refractivity contribution is -0.116. The number of carbonyl (C=O) groups excluding carboxylic acids is 2. The first kappa shape index (κ1) is 20.2. The number of rotatable bonds is 4. The predicted octanol–water partition coefficient (Wildman–Crippen LogP) is 5.64. The van der Waals surface area contributed by atoms with Gasteiger partial charge in [-0.1, -0.05) is 41.4 Å². The molecule has 1 heterocycles. The number of amides is 1. The van der Waals surface area contributed by atoms with E-state index in [0.717, 1.165) is 0 Å². The van der Waals surface area contributed by atoms with Gasteiger partial charge in [0, 0.05) is 22.3 Å². The highest BCUT2D eigenvalue weighted by atomic mass is 35.5. The highest BCUT2D eigenvalue weighted by Gasteiger charge is 2.42. The summed E-state index contributed by atoms with van der Waals surface area (Å²) in [5, 5.41) is 3.32. The first-order chi connectivity index (χ1) is 13.1. The minimum absolute atomic E-state index is 0.0628. The molecular formula is C19H13Cl2F3N2O2. The zero-order chi connectivity index (χ0) is 20.6. The molecule has 1 aromatic heterocycles. The highest BCUT2D eigenvalue weighted by molar-refractivity contribution is 6.42. The van der Waals surface area contributed by atoms with E-state index in [1.807, 2.05) is 0 Å². The Labute approximate surface area is 167 Å². The number of ketones is 1. The number of alkyl halides is 3. The average molecular weight is 429 g/mol. The van der Waals surface area contributed by atoms with Gasteiger partial charge in [-0.2, -0.15) is 13.2 Å². The van der Waals surface area contributed by atoms with Crippen LogP contribution >= 0.6 is 23.2 Å². The summed E-state index contributed by atoms with van der Waals surface area (Å²) in [6, 6.07) is 10.7. The summed E-state index contributed by atoms with van der Waals surface area (Å²) in [7, 11) is 0. The maximum Gasteiger partial charge on any atom is 0.454 e. The van der Waals surface area contributed by atoms with Gasteiger partial charge in [0.1, 0.15) is 6.54 Å². The predicted molar refractivity (Wildman–Crippen MR) is 102 cm³/mol. The minimum Gasteiger partial charge on any atom is -0.335 e. The van der Waals surface area contributed by atoms with Crippen molar-refractivity contribution in [3.63, 3.8) is 0 Å². The molecule has 0 bridgehead atoms. The number of hydrogen-bond donors (Lipinski definition) is 1. The number of nitrogens with one attached hydrogen (secondary N) is 1. The second kappa shape index (κ2) is 7.48. The van der Waals surface area contributed by atoms with Crippen molar-refractivity contribution in [1.29, 1.82) is 0 Å². The standard InChI is InChI=1S/C19H13Cl2F3N2O2/c1-10-17(18(28)19(22,23)24)12-4-2-3-5-15(12)26(10)9-16(27)25-11-6-7-13(20)14(21)8-11/h2-8H,9H2,1H3,(H,25,27). The number of halogens is 5. The number of Topliss-reactive ketones (excluding diaryl/α,β-unsaturated/α-hetero) is 1. The lowest BCUT2D eigenvalue weighted by Gasteiger charge is -2.11. The average Bonchev–Trinajstić information content (AvgIpc) is 2.89. The summed E-state index contributed by atoms with van der Waals surface area (Å²) >= 11 is 11.7. The van der Waals surface area contributed by atoms with Gasteiger partial charge >= 0.3 is 6.18 Å². The molecule has 0 spiro atoms. The van der Waals surface area contributed by atoms with Crippen molar-refractivity contribution in [2.24, 2.45) is 0 Å². The molecule has 3 rings (SSSR count). The first-order valence-corrected chi connectivity index (χ1v) is 8.79. The minimum atomic E-state index is -5.01. The van der Waals surface area contributed by atoms with E-state index in [0.29, 0.717) is 16.2 Å². The Hall–Kier alpha value is -2.51. The van der Waals surface area contributed by atoms with Gasteiger partial charge in [0.05, 0.1) is 15.6 Å². The second-order valence-corrected chi connectivity index (χ2v) is 6.88. The number of carbonyl (C=O) groups is 2. The van der Waals surface area contributed by atoms with Gasteiger partial charge in [0.15, 0.2) is 0 Å². The molecule has 0 saturated carbocycles. The molecule has 0 atom stereocenters. The lowest BCUT2D eigenvalue weighted by Crippen LogP contribution is -2.24. The van der Waals surface area contributed by atoms with Gasteiger partial charge in [-0.3, -0.25) is 9.59 Å². The van der Waals surface area contributed by atoms with E-state index in [1.54, 1.807) is 18.2 Å². The highest BCUT2D eigenvalue weighted by Crippen LogP contribution is 2.32. The van der Waals surface area contributed by atoms with Gasteiger partial charge in [-0.25, -0.2) is 0 Å². The van der Waals surface area contributed by atoms with Gasteiger partial charge in [0.2, 0.25) is 5.91 Å². The molecule has 3 aromatic rings. The molecule has 1 amide bonds. The zero-order valence-corrected chi connectivity index (χ0v) is 15.9. The number of benzene rings is 2. The smallest absolute Gasteiger partial charge is 0.335 e. The van der Waals surface area contributed by atoms with Gasteiger partial charge in [0.25, 0.3) is 5.78 Å². The van der Waals surface area contributed by atoms with Crippen LogP contribution in [0.3, 0.4) is 0 Å². The van der Waals surface area contributed by atoms with E-state index in [1.165, 1.54) is 35.8 Å². The van der Waals surface area contributed by atoms with Crippen LogP contribution in [0.15, 0.2) is 42.5 Å². The van der Waals surface area contributed by atoms with E-state index < -0.39 is 23.4 Å². The van der Waals surface area contributed by atoms with E-state index >= 15 is 0 Å². The summed E-state index contributed by atoms with van der Waals surface area (Å²) in [5.74, 6) is -2.43. The fourth-order valence-corrected chi connectivity index (χ4v) is 3.28. The fourth-order valence-electron chi connectivity index (χ4n) is 2.98. The molecular weight excluding hydrogens is 416 g/mol. The summed E-state index contributed by atoms with van der Waals surface area (Å²) < 4.78 is 40.4. The Balaban J connectivity index is 1.97. The fraction of sp³-hybridized carbons (Fsp3) is 0.158. The van der Waals surface area contributed by atoms with Crippen LogP contribution in [0.4, 0.5) is 18.9 Å². The van der Waals surface area contributed by atoms with Gasteiger partial charge in [-0.05, 0) is 31.2 Å². The van der Waals surface area contributed by atoms with Crippen LogP contribution in [0.1, 0.15) is 16.1 Å². The van der Waals surface area contributed by atoms with E-state index in [4.69, 9.17) is 23.2 Å². The van der Waals surface area contributed by atoms with Crippen LogP contribution in [0.2, 0.25) is 10.0 Å². The van der Waals surface area contributed by atoms with Gasteiger partial charge in [-0.15, -0.1) is 0 Å². The maximum atomic E-state index is 13.0. The Bertz CT molecular complexity index is 1090. The van der Waals surface area contributed by atoms with Crippen molar-refractivity contribution in [3.05, 3.63) is 63.8 Å². The molecule has 9 heteroatoms. The van der Waals surface area contributed by atoms with Crippen molar-refractivity contribution in [2.45, 2.75) is 19.6 Å². The van der Waals surface area contributed by atoms with Crippen LogP contribution in [0, 0.1) is 6.92 Å². The molecule has 0 unspecified atom stereocenters.